The minimum absolute atomic E-state index is 0.130. The van der Waals surface area contributed by atoms with Gasteiger partial charge in [0.2, 0.25) is 5.95 Å². The highest BCUT2D eigenvalue weighted by Gasteiger charge is 2.37. The highest BCUT2D eigenvalue weighted by Crippen LogP contribution is 2.41. The van der Waals surface area contributed by atoms with Crippen LogP contribution in [0.15, 0.2) is 59.8 Å². The van der Waals surface area contributed by atoms with Gasteiger partial charge in [0, 0.05) is 36.5 Å². The quantitative estimate of drug-likeness (QED) is 0.619. The fourth-order valence-electron chi connectivity index (χ4n) is 4.68. The lowest BCUT2D eigenvalue weighted by Crippen LogP contribution is -2.31. The standard InChI is InChI=1S/C25H26FN5O/c1-3-30(4-2)17-14-12-16(13-15-17)23-22-20(10-7-11-21(22)32)27-25-28-24(29-31(23)25)18-8-5-6-9-19(18)26/h5-6,8-9,12-15,23H,3-4,7,10-11H2,1-2H3,(H,27,28,29). The molecule has 0 spiro atoms. The molecule has 0 saturated carbocycles. The first-order chi connectivity index (χ1) is 15.6. The normalized spacial score (nSPS) is 17.6. The van der Waals surface area contributed by atoms with E-state index in [1.807, 2.05) is 0 Å². The van der Waals surface area contributed by atoms with Crippen molar-refractivity contribution in [2.45, 2.75) is 39.2 Å². The predicted octanol–water partition coefficient (Wildman–Crippen LogP) is 4.95. The van der Waals surface area contributed by atoms with Gasteiger partial charge in [-0.15, -0.1) is 5.10 Å². The SMILES string of the molecule is CCN(CC)c1ccc(C2C3=C(CCCC3=O)Nc3nc(-c4ccccc4F)nn32)cc1. The number of benzene rings is 2. The molecule has 2 aromatic carbocycles. The maximum Gasteiger partial charge on any atom is 0.226 e. The first-order valence-corrected chi connectivity index (χ1v) is 11.2. The Kier molecular flexibility index (Phi) is 5.25. The fraction of sp³-hybridized carbons (Fsp3) is 0.320. The van der Waals surface area contributed by atoms with E-state index >= 15 is 0 Å². The molecule has 0 saturated heterocycles. The third-order valence-corrected chi connectivity index (χ3v) is 6.32. The van der Waals surface area contributed by atoms with E-state index in [4.69, 9.17) is 0 Å². The molecule has 0 bridgehead atoms. The number of carbonyl (C=O) groups is 1. The molecule has 2 aliphatic rings. The van der Waals surface area contributed by atoms with Gasteiger partial charge < -0.3 is 10.2 Å². The van der Waals surface area contributed by atoms with E-state index in [-0.39, 0.29) is 17.6 Å². The van der Waals surface area contributed by atoms with Crippen LogP contribution in [0.4, 0.5) is 16.0 Å². The van der Waals surface area contributed by atoms with E-state index in [0.717, 1.165) is 48.5 Å². The van der Waals surface area contributed by atoms with Crippen LogP contribution in [0.1, 0.15) is 44.7 Å². The molecule has 1 aliphatic heterocycles. The Balaban J connectivity index is 1.62. The summed E-state index contributed by atoms with van der Waals surface area (Å²) in [5, 5.41) is 7.97. The average Bonchev–Trinajstić information content (AvgIpc) is 3.23. The van der Waals surface area contributed by atoms with Gasteiger partial charge in [-0.2, -0.15) is 4.98 Å². The second-order valence-corrected chi connectivity index (χ2v) is 8.14. The van der Waals surface area contributed by atoms with Crippen LogP contribution in [0, 0.1) is 5.82 Å². The minimum atomic E-state index is -0.382. The number of allylic oxidation sites excluding steroid dienone is 2. The molecule has 1 atom stereocenters. The van der Waals surface area contributed by atoms with Crippen LogP contribution >= 0.6 is 0 Å². The van der Waals surface area contributed by atoms with Gasteiger partial charge in [0.1, 0.15) is 11.9 Å². The molecule has 0 amide bonds. The van der Waals surface area contributed by atoms with Gasteiger partial charge >= 0.3 is 0 Å². The van der Waals surface area contributed by atoms with Gasteiger partial charge in [0.15, 0.2) is 11.6 Å². The van der Waals surface area contributed by atoms with Gasteiger partial charge in [0.25, 0.3) is 0 Å². The van der Waals surface area contributed by atoms with Crippen molar-refractivity contribution in [3.63, 3.8) is 0 Å². The van der Waals surface area contributed by atoms with Gasteiger partial charge in [-0.05, 0) is 56.5 Å². The maximum absolute atomic E-state index is 14.4. The number of anilines is 2. The number of fused-ring (bicyclic) bond motifs is 1. The molecule has 32 heavy (non-hydrogen) atoms. The van der Waals surface area contributed by atoms with E-state index < -0.39 is 0 Å². The lowest BCUT2D eigenvalue weighted by Gasteiger charge is -2.32. The summed E-state index contributed by atoms with van der Waals surface area (Å²) < 4.78 is 16.2. The highest BCUT2D eigenvalue weighted by molar-refractivity contribution is 5.99. The number of nitrogens with zero attached hydrogens (tertiary/aromatic N) is 4. The third-order valence-electron chi connectivity index (χ3n) is 6.32. The molecule has 0 fully saturated rings. The number of hydrogen-bond donors (Lipinski definition) is 1. The number of rotatable bonds is 5. The van der Waals surface area contributed by atoms with Crippen molar-refractivity contribution in [1.82, 2.24) is 14.8 Å². The summed E-state index contributed by atoms with van der Waals surface area (Å²) in [7, 11) is 0. The topological polar surface area (TPSA) is 63.1 Å². The molecule has 1 unspecified atom stereocenters. The van der Waals surface area contributed by atoms with Gasteiger partial charge in [-0.3, -0.25) is 4.79 Å². The molecule has 3 aromatic rings. The Bertz CT molecular complexity index is 1190. The van der Waals surface area contributed by atoms with Crippen LogP contribution in [0.25, 0.3) is 11.4 Å². The predicted molar refractivity (Wildman–Crippen MR) is 123 cm³/mol. The number of Topliss-reactive ketones (excluding diaryl/α,β-unsaturated/α-hetero) is 1. The molecule has 6 nitrogen and oxygen atoms in total. The van der Waals surface area contributed by atoms with Crippen molar-refractivity contribution in [3.05, 3.63) is 71.2 Å². The molecular formula is C25H26FN5O. The molecule has 5 rings (SSSR count). The van der Waals surface area contributed by atoms with Crippen LogP contribution in [-0.4, -0.2) is 33.6 Å². The second kappa shape index (κ2) is 8.22. The fourth-order valence-corrected chi connectivity index (χ4v) is 4.68. The zero-order chi connectivity index (χ0) is 22.2. The summed E-state index contributed by atoms with van der Waals surface area (Å²) in [5.41, 5.74) is 4.10. The van der Waals surface area contributed by atoms with Crippen molar-refractivity contribution >= 4 is 17.4 Å². The number of carbonyl (C=O) groups excluding carboxylic acids is 1. The zero-order valence-electron chi connectivity index (χ0n) is 18.3. The Labute approximate surface area is 186 Å². The van der Waals surface area contributed by atoms with Crippen molar-refractivity contribution in [1.29, 1.82) is 0 Å². The Hall–Kier alpha value is -3.48. The molecule has 1 aromatic heterocycles. The van der Waals surface area contributed by atoms with Crippen molar-refractivity contribution < 1.29 is 9.18 Å². The number of hydrogen-bond acceptors (Lipinski definition) is 5. The molecular weight excluding hydrogens is 405 g/mol. The monoisotopic (exact) mass is 431 g/mol. The lowest BCUT2D eigenvalue weighted by molar-refractivity contribution is -0.116. The second-order valence-electron chi connectivity index (χ2n) is 8.14. The van der Waals surface area contributed by atoms with Gasteiger partial charge in [0.05, 0.1) is 5.56 Å². The number of ketones is 1. The van der Waals surface area contributed by atoms with E-state index in [9.17, 15) is 9.18 Å². The van der Waals surface area contributed by atoms with Crippen molar-refractivity contribution in [3.8, 4) is 11.4 Å². The molecule has 164 valence electrons. The Morgan fingerprint density at radius 2 is 1.84 bits per heavy atom. The third kappa shape index (κ3) is 3.38. The highest BCUT2D eigenvalue weighted by atomic mass is 19.1. The molecule has 2 heterocycles. The average molecular weight is 432 g/mol. The zero-order valence-corrected chi connectivity index (χ0v) is 18.3. The van der Waals surface area contributed by atoms with Crippen molar-refractivity contribution in [2.75, 3.05) is 23.3 Å². The molecule has 0 radical (unpaired) electrons. The first kappa shape index (κ1) is 20.4. The van der Waals surface area contributed by atoms with Crippen LogP contribution in [-0.2, 0) is 4.79 Å². The van der Waals surface area contributed by atoms with Crippen LogP contribution in [0.2, 0.25) is 0 Å². The molecule has 1 N–H and O–H groups in total. The summed E-state index contributed by atoms with van der Waals surface area (Å²) in [5.74, 6) is 0.603. The molecule has 1 aliphatic carbocycles. The summed E-state index contributed by atoms with van der Waals surface area (Å²) in [4.78, 5) is 19.9. The lowest BCUT2D eigenvalue weighted by atomic mass is 9.85. The summed E-state index contributed by atoms with van der Waals surface area (Å²) >= 11 is 0. The van der Waals surface area contributed by atoms with Crippen LogP contribution < -0.4 is 10.2 Å². The Morgan fingerprint density at radius 1 is 1.09 bits per heavy atom. The first-order valence-electron chi connectivity index (χ1n) is 11.2. The van der Waals surface area contributed by atoms with Crippen LogP contribution in [0.3, 0.4) is 0 Å². The minimum Gasteiger partial charge on any atom is -0.372 e. The van der Waals surface area contributed by atoms with E-state index in [2.05, 4.69) is 58.4 Å². The summed E-state index contributed by atoms with van der Waals surface area (Å²) in [6.45, 7) is 6.12. The maximum atomic E-state index is 14.4. The molecule has 7 heteroatoms. The van der Waals surface area contributed by atoms with Crippen LogP contribution in [0.5, 0.6) is 0 Å². The largest absolute Gasteiger partial charge is 0.372 e. The Morgan fingerprint density at radius 3 is 2.56 bits per heavy atom. The summed E-state index contributed by atoms with van der Waals surface area (Å²) in [6, 6.07) is 14.4. The van der Waals surface area contributed by atoms with E-state index in [0.29, 0.717) is 23.8 Å². The smallest absolute Gasteiger partial charge is 0.226 e. The van der Waals surface area contributed by atoms with Crippen molar-refractivity contribution in [2.24, 2.45) is 0 Å². The van der Waals surface area contributed by atoms with Gasteiger partial charge in [-0.1, -0.05) is 24.3 Å². The summed E-state index contributed by atoms with van der Waals surface area (Å²) in [6.07, 6.45) is 2.13. The van der Waals surface area contributed by atoms with Gasteiger partial charge in [-0.25, -0.2) is 9.07 Å². The number of halogens is 1. The van der Waals surface area contributed by atoms with E-state index in [1.165, 1.54) is 6.07 Å². The number of nitrogens with one attached hydrogen (secondary N) is 1. The van der Waals surface area contributed by atoms with E-state index in [1.54, 1.807) is 22.9 Å². The number of aromatic nitrogens is 3.